The second-order valence-corrected chi connectivity index (χ2v) is 6.11. The average Bonchev–Trinajstić information content (AvgIpc) is 2.45. The molecule has 1 amide bonds. The standard InChI is InChI=1S/C11H11Br2NO/c1-14-10(15)9(12)7-11(14,13)8-5-3-2-4-6-8/h2-6,9H,7H2,1H3. The van der Waals surface area contributed by atoms with Crippen molar-refractivity contribution in [2.24, 2.45) is 0 Å². The third-order valence-corrected chi connectivity index (χ3v) is 4.82. The highest BCUT2D eigenvalue weighted by Gasteiger charge is 2.47. The summed E-state index contributed by atoms with van der Waals surface area (Å²) in [7, 11) is 1.82. The zero-order valence-electron chi connectivity index (χ0n) is 8.28. The highest BCUT2D eigenvalue weighted by atomic mass is 79.9. The number of carbonyl (C=O) groups is 1. The fourth-order valence-electron chi connectivity index (χ4n) is 1.85. The summed E-state index contributed by atoms with van der Waals surface area (Å²) in [6.07, 6.45) is 0.742. The predicted molar refractivity (Wildman–Crippen MR) is 67.1 cm³/mol. The molecule has 4 heteroatoms. The minimum Gasteiger partial charge on any atom is -0.325 e. The molecule has 0 spiro atoms. The average molecular weight is 333 g/mol. The maximum Gasteiger partial charge on any atom is 0.237 e. The molecule has 2 unspecified atom stereocenters. The molecule has 0 aromatic heterocycles. The van der Waals surface area contributed by atoms with Gasteiger partial charge in [-0.2, -0.15) is 0 Å². The summed E-state index contributed by atoms with van der Waals surface area (Å²) in [6, 6.07) is 10.0. The lowest BCUT2D eigenvalue weighted by molar-refractivity contribution is -0.127. The number of amides is 1. The van der Waals surface area contributed by atoms with Crippen molar-refractivity contribution in [2.75, 3.05) is 7.05 Å². The Morgan fingerprint density at radius 3 is 2.47 bits per heavy atom. The Morgan fingerprint density at radius 1 is 1.40 bits per heavy atom. The molecule has 0 radical (unpaired) electrons. The van der Waals surface area contributed by atoms with Crippen molar-refractivity contribution in [1.82, 2.24) is 4.90 Å². The van der Waals surface area contributed by atoms with E-state index in [1.54, 1.807) is 4.90 Å². The smallest absolute Gasteiger partial charge is 0.237 e. The second-order valence-electron chi connectivity index (χ2n) is 3.69. The van der Waals surface area contributed by atoms with Crippen molar-refractivity contribution in [3.8, 4) is 0 Å². The number of hydrogen-bond acceptors (Lipinski definition) is 1. The third kappa shape index (κ3) is 1.74. The van der Waals surface area contributed by atoms with Gasteiger partial charge in [0.05, 0.1) is 4.83 Å². The maximum atomic E-state index is 11.7. The van der Waals surface area contributed by atoms with E-state index < -0.39 is 0 Å². The highest BCUT2D eigenvalue weighted by molar-refractivity contribution is 9.10. The second kappa shape index (κ2) is 3.91. The Hall–Kier alpha value is -0.350. The molecule has 1 aliphatic heterocycles. The SMILES string of the molecule is CN1C(=O)C(Br)CC1(Br)c1ccccc1. The van der Waals surface area contributed by atoms with Gasteiger partial charge >= 0.3 is 0 Å². The molecule has 2 rings (SSSR count). The molecule has 1 aromatic carbocycles. The van der Waals surface area contributed by atoms with Crippen LogP contribution in [0.2, 0.25) is 0 Å². The van der Waals surface area contributed by atoms with Crippen LogP contribution in [-0.4, -0.2) is 22.7 Å². The van der Waals surface area contributed by atoms with Crippen LogP contribution in [0.3, 0.4) is 0 Å². The molecule has 1 heterocycles. The summed E-state index contributed by atoms with van der Waals surface area (Å²) >= 11 is 7.07. The molecule has 1 aromatic rings. The lowest BCUT2D eigenvalue weighted by atomic mass is 10.0. The Balaban J connectivity index is 2.40. The van der Waals surface area contributed by atoms with E-state index in [2.05, 4.69) is 31.9 Å². The van der Waals surface area contributed by atoms with Gasteiger partial charge in [0.15, 0.2) is 0 Å². The van der Waals surface area contributed by atoms with Crippen molar-refractivity contribution in [3.05, 3.63) is 35.9 Å². The first kappa shape index (κ1) is 11.1. The molecule has 80 valence electrons. The lowest BCUT2D eigenvalue weighted by Crippen LogP contribution is -2.35. The zero-order chi connectivity index (χ0) is 11.1. The van der Waals surface area contributed by atoms with Gasteiger partial charge in [-0.25, -0.2) is 0 Å². The normalized spacial score (nSPS) is 31.0. The van der Waals surface area contributed by atoms with Gasteiger partial charge in [-0.3, -0.25) is 4.79 Å². The molecule has 0 aliphatic carbocycles. The van der Waals surface area contributed by atoms with Crippen molar-refractivity contribution in [1.29, 1.82) is 0 Å². The van der Waals surface area contributed by atoms with E-state index in [1.807, 2.05) is 37.4 Å². The van der Waals surface area contributed by atoms with E-state index in [1.165, 1.54) is 0 Å². The summed E-state index contributed by atoms with van der Waals surface area (Å²) in [5, 5.41) is 0. The van der Waals surface area contributed by atoms with Crippen molar-refractivity contribution < 1.29 is 4.79 Å². The largest absolute Gasteiger partial charge is 0.325 e. The number of rotatable bonds is 1. The van der Waals surface area contributed by atoms with E-state index in [9.17, 15) is 4.79 Å². The Kier molecular flexibility index (Phi) is 2.90. The van der Waals surface area contributed by atoms with Crippen molar-refractivity contribution in [3.63, 3.8) is 0 Å². The molecule has 2 nitrogen and oxygen atoms in total. The number of carbonyl (C=O) groups excluding carboxylic acids is 1. The van der Waals surface area contributed by atoms with E-state index >= 15 is 0 Å². The van der Waals surface area contributed by atoms with E-state index in [0.717, 1.165) is 12.0 Å². The summed E-state index contributed by atoms with van der Waals surface area (Å²) in [5.41, 5.74) is 1.11. The number of benzene rings is 1. The molecule has 0 bridgehead atoms. The monoisotopic (exact) mass is 331 g/mol. The van der Waals surface area contributed by atoms with Crippen LogP contribution in [0.4, 0.5) is 0 Å². The lowest BCUT2D eigenvalue weighted by Gasteiger charge is -2.30. The van der Waals surface area contributed by atoms with Crippen LogP contribution in [0.15, 0.2) is 30.3 Å². The highest BCUT2D eigenvalue weighted by Crippen LogP contribution is 2.45. The van der Waals surface area contributed by atoms with Crippen LogP contribution in [-0.2, 0) is 9.24 Å². The van der Waals surface area contributed by atoms with Gasteiger partial charge in [0.2, 0.25) is 5.91 Å². The molecule has 2 atom stereocenters. The van der Waals surface area contributed by atoms with Gasteiger partial charge < -0.3 is 4.90 Å². The van der Waals surface area contributed by atoms with Crippen LogP contribution >= 0.6 is 31.9 Å². The van der Waals surface area contributed by atoms with Crippen LogP contribution in [0, 0.1) is 0 Å². The molecule has 15 heavy (non-hydrogen) atoms. The van der Waals surface area contributed by atoms with Crippen molar-refractivity contribution >= 4 is 37.8 Å². The molecule has 1 fully saturated rings. The Labute approximate surface area is 106 Å². The van der Waals surface area contributed by atoms with E-state index in [-0.39, 0.29) is 15.2 Å². The van der Waals surface area contributed by atoms with Crippen LogP contribution in [0.5, 0.6) is 0 Å². The Bertz CT molecular complexity index is 381. The quantitative estimate of drug-likeness (QED) is 0.572. The van der Waals surface area contributed by atoms with Gasteiger partial charge in [0.25, 0.3) is 0 Å². The summed E-state index contributed by atoms with van der Waals surface area (Å²) in [4.78, 5) is 13.4. The van der Waals surface area contributed by atoms with Crippen LogP contribution in [0.25, 0.3) is 0 Å². The minimum absolute atomic E-state index is 0.0953. The van der Waals surface area contributed by atoms with E-state index in [4.69, 9.17) is 0 Å². The molecule has 0 N–H and O–H groups in total. The molecular formula is C11H11Br2NO. The molecule has 1 aliphatic rings. The Morgan fingerprint density at radius 2 is 2.00 bits per heavy atom. The molecular weight excluding hydrogens is 322 g/mol. The number of likely N-dealkylation sites (tertiary alicyclic amines) is 1. The fraction of sp³-hybridized carbons (Fsp3) is 0.364. The topological polar surface area (TPSA) is 20.3 Å². The summed E-state index contributed by atoms with van der Waals surface area (Å²) < 4.78 is -0.362. The summed E-state index contributed by atoms with van der Waals surface area (Å²) in [5.74, 6) is 0.121. The first-order valence-corrected chi connectivity index (χ1v) is 6.43. The van der Waals surface area contributed by atoms with E-state index in [0.29, 0.717) is 0 Å². The number of nitrogens with zero attached hydrogens (tertiary/aromatic N) is 1. The molecule has 1 saturated heterocycles. The first-order valence-electron chi connectivity index (χ1n) is 4.72. The van der Waals surface area contributed by atoms with Gasteiger partial charge in [0, 0.05) is 13.5 Å². The predicted octanol–water partition coefficient (Wildman–Crippen LogP) is 2.86. The maximum absolute atomic E-state index is 11.7. The van der Waals surface area contributed by atoms with Gasteiger partial charge in [-0.05, 0) is 5.56 Å². The first-order chi connectivity index (χ1) is 7.05. The van der Waals surface area contributed by atoms with Crippen LogP contribution < -0.4 is 0 Å². The van der Waals surface area contributed by atoms with Gasteiger partial charge in [-0.1, -0.05) is 62.2 Å². The number of hydrogen-bond donors (Lipinski definition) is 0. The van der Waals surface area contributed by atoms with Gasteiger partial charge in [-0.15, -0.1) is 0 Å². The van der Waals surface area contributed by atoms with Crippen molar-refractivity contribution in [2.45, 2.75) is 15.7 Å². The fourth-order valence-corrected chi connectivity index (χ4v) is 3.82. The van der Waals surface area contributed by atoms with Crippen LogP contribution in [0.1, 0.15) is 12.0 Å². The summed E-state index contributed by atoms with van der Waals surface area (Å²) in [6.45, 7) is 0. The molecule has 0 saturated carbocycles. The minimum atomic E-state index is -0.362. The number of halogens is 2. The third-order valence-electron chi connectivity index (χ3n) is 2.80. The zero-order valence-corrected chi connectivity index (χ0v) is 11.5. The number of alkyl halides is 2. The van der Waals surface area contributed by atoms with Gasteiger partial charge in [0.1, 0.15) is 4.45 Å².